The van der Waals surface area contributed by atoms with Crippen LogP contribution in [-0.4, -0.2) is 64.7 Å². The largest absolute Gasteiger partial charge is 0.419 e. The Balaban J connectivity index is 1.28. The highest BCUT2D eigenvalue weighted by molar-refractivity contribution is 7.15. The van der Waals surface area contributed by atoms with E-state index < -0.39 is 0 Å². The van der Waals surface area contributed by atoms with Crippen molar-refractivity contribution in [3.63, 3.8) is 0 Å². The van der Waals surface area contributed by atoms with Crippen molar-refractivity contribution in [2.45, 2.75) is 52.1 Å². The molecule has 1 aliphatic carbocycles. The lowest BCUT2D eigenvalue weighted by atomic mass is 9.99. The predicted octanol–water partition coefficient (Wildman–Crippen LogP) is 2.32. The van der Waals surface area contributed by atoms with Gasteiger partial charge in [-0.15, -0.1) is 21.5 Å². The van der Waals surface area contributed by atoms with Crippen molar-refractivity contribution in [1.29, 1.82) is 0 Å². The fourth-order valence-corrected chi connectivity index (χ4v) is 5.06. The molecule has 7 nitrogen and oxygen atoms in total. The molecule has 0 unspecified atom stereocenters. The Morgan fingerprint density at radius 3 is 2.68 bits per heavy atom. The van der Waals surface area contributed by atoms with E-state index >= 15 is 0 Å². The van der Waals surface area contributed by atoms with Crippen LogP contribution in [0.2, 0.25) is 0 Å². The molecule has 2 aromatic rings. The van der Waals surface area contributed by atoms with Gasteiger partial charge in [-0.1, -0.05) is 0 Å². The van der Waals surface area contributed by atoms with Crippen LogP contribution >= 0.6 is 11.3 Å². The molecule has 0 aromatic carbocycles. The number of fused-ring (bicyclic) bond motifs is 1. The lowest BCUT2D eigenvalue weighted by Gasteiger charge is -2.33. The molecule has 0 radical (unpaired) electrons. The third kappa shape index (κ3) is 4.79. The van der Waals surface area contributed by atoms with Gasteiger partial charge in [0.25, 0.3) is 5.89 Å². The van der Waals surface area contributed by atoms with E-state index in [2.05, 4.69) is 31.4 Å². The standard InChI is InChI=1S/C20H29N5O2S/c1-14(2)21-18(26)12-24-7-9-25(10-8-24)13-19-22-23-20(27-19)17-11-15-5-3-4-6-16(15)28-17/h11,14H,3-10,12-13H2,1-2H3,(H,21,26). The minimum absolute atomic E-state index is 0.101. The number of aromatic nitrogens is 2. The van der Waals surface area contributed by atoms with Crippen LogP contribution in [0.1, 0.15) is 43.0 Å². The smallest absolute Gasteiger partial charge is 0.257 e. The van der Waals surface area contributed by atoms with Crippen molar-refractivity contribution < 1.29 is 9.21 Å². The lowest BCUT2D eigenvalue weighted by molar-refractivity contribution is -0.123. The van der Waals surface area contributed by atoms with Crippen LogP contribution in [0.15, 0.2) is 10.5 Å². The third-order valence-electron chi connectivity index (χ3n) is 5.31. The minimum atomic E-state index is 0.101. The Kier molecular flexibility index (Phi) is 6.08. The van der Waals surface area contributed by atoms with Gasteiger partial charge in [-0.3, -0.25) is 14.6 Å². The van der Waals surface area contributed by atoms with Gasteiger partial charge in [-0.25, -0.2) is 0 Å². The lowest BCUT2D eigenvalue weighted by Crippen LogP contribution is -2.49. The molecule has 4 rings (SSSR count). The van der Waals surface area contributed by atoms with E-state index in [1.807, 2.05) is 13.8 Å². The average Bonchev–Trinajstić information content (AvgIpc) is 3.29. The SMILES string of the molecule is CC(C)NC(=O)CN1CCN(Cc2nnc(-c3cc4c(s3)CCCC4)o2)CC1. The molecule has 1 saturated heterocycles. The van der Waals surface area contributed by atoms with Crippen molar-refractivity contribution in [2.24, 2.45) is 0 Å². The van der Waals surface area contributed by atoms with Crippen LogP contribution in [0, 0.1) is 0 Å². The summed E-state index contributed by atoms with van der Waals surface area (Å²) in [4.78, 5) is 19.0. The van der Waals surface area contributed by atoms with E-state index in [1.54, 1.807) is 11.3 Å². The van der Waals surface area contributed by atoms with E-state index in [0.29, 0.717) is 24.9 Å². The normalized spacial score (nSPS) is 18.4. The fourth-order valence-electron chi connectivity index (χ4n) is 3.88. The van der Waals surface area contributed by atoms with E-state index in [0.717, 1.165) is 31.1 Å². The molecular weight excluding hydrogens is 374 g/mol. The molecule has 3 heterocycles. The van der Waals surface area contributed by atoms with Crippen LogP contribution in [0.5, 0.6) is 0 Å². The Labute approximate surface area is 170 Å². The molecule has 1 amide bonds. The second kappa shape index (κ2) is 8.71. The highest BCUT2D eigenvalue weighted by atomic mass is 32.1. The molecule has 8 heteroatoms. The van der Waals surface area contributed by atoms with E-state index in [9.17, 15) is 4.79 Å². The Morgan fingerprint density at radius 2 is 1.93 bits per heavy atom. The minimum Gasteiger partial charge on any atom is -0.419 e. The number of rotatable bonds is 6. The molecule has 0 atom stereocenters. The van der Waals surface area contributed by atoms with Crippen LogP contribution in [-0.2, 0) is 24.2 Å². The molecule has 0 saturated carbocycles. The number of amides is 1. The maximum absolute atomic E-state index is 11.9. The summed E-state index contributed by atoms with van der Waals surface area (Å²) in [6.07, 6.45) is 4.92. The van der Waals surface area contributed by atoms with Crippen molar-refractivity contribution in [1.82, 2.24) is 25.3 Å². The zero-order chi connectivity index (χ0) is 19.5. The van der Waals surface area contributed by atoms with Gasteiger partial charge < -0.3 is 9.73 Å². The highest BCUT2D eigenvalue weighted by Crippen LogP contribution is 2.35. The Hall–Kier alpha value is -1.77. The topological polar surface area (TPSA) is 74.5 Å². The fraction of sp³-hybridized carbons (Fsp3) is 0.650. The average molecular weight is 404 g/mol. The summed E-state index contributed by atoms with van der Waals surface area (Å²) in [5.74, 6) is 1.43. The van der Waals surface area contributed by atoms with E-state index in [-0.39, 0.29) is 11.9 Å². The van der Waals surface area contributed by atoms with Crippen LogP contribution in [0.25, 0.3) is 10.8 Å². The predicted molar refractivity (Wildman–Crippen MR) is 109 cm³/mol. The second-order valence-corrected chi connectivity index (χ2v) is 9.18. The van der Waals surface area contributed by atoms with Crippen molar-refractivity contribution >= 4 is 17.2 Å². The first-order valence-electron chi connectivity index (χ1n) is 10.3. The van der Waals surface area contributed by atoms with Crippen molar-refractivity contribution in [3.05, 3.63) is 22.4 Å². The maximum atomic E-state index is 11.9. The van der Waals surface area contributed by atoms with Gasteiger partial charge in [-0.05, 0) is 51.2 Å². The maximum Gasteiger partial charge on any atom is 0.257 e. The zero-order valence-electron chi connectivity index (χ0n) is 16.7. The number of carbonyl (C=O) groups excluding carboxylic acids is 1. The monoisotopic (exact) mass is 403 g/mol. The summed E-state index contributed by atoms with van der Waals surface area (Å²) in [6, 6.07) is 2.42. The summed E-state index contributed by atoms with van der Waals surface area (Å²) in [5, 5.41) is 11.5. The number of nitrogens with zero attached hydrogens (tertiary/aromatic N) is 4. The molecule has 1 N–H and O–H groups in total. The molecule has 28 heavy (non-hydrogen) atoms. The zero-order valence-corrected chi connectivity index (χ0v) is 17.6. The van der Waals surface area contributed by atoms with E-state index in [4.69, 9.17) is 4.42 Å². The number of carbonyl (C=O) groups is 1. The Morgan fingerprint density at radius 1 is 1.18 bits per heavy atom. The van der Waals surface area contributed by atoms with Gasteiger partial charge in [0.15, 0.2) is 0 Å². The van der Waals surface area contributed by atoms with Crippen LogP contribution < -0.4 is 5.32 Å². The summed E-state index contributed by atoms with van der Waals surface area (Å²) < 4.78 is 5.95. The molecule has 1 aliphatic heterocycles. The molecule has 2 aromatic heterocycles. The van der Waals surface area contributed by atoms with Gasteiger partial charge in [0, 0.05) is 37.1 Å². The van der Waals surface area contributed by atoms with Gasteiger partial charge in [-0.2, -0.15) is 0 Å². The number of hydrogen-bond donors (Lipinski definition) is 1. The number of piperazine rings is 1. The first-order valence-corrected chi connectivity index (χ1v) is 11.1. The summed E-state index contributed by atoms with van der Waals surface area (Å²) in [7, 11) is 0. The molecule has 152 valence electrons. The quantitative estimate of drug-likeness (QED) is 0.798. The summed E-state index contributed by atoms with van der Waals surface area (Å²) >= 11 is 1.80. The number of thiophene rings is 1. The van der Waals surface area contributed by atoms with Crippen molar-refractivity contribution in [2.75, 3.05) is 32.7 Å². The van der Waals surface area contributed by atoms with Gasteiger partial charge in [0.2, 0.25) is 11.8 Å². The molecule has 1 fully saturated rings. The molecule has 2 aliphatic rings. The van der Waals surface area contributed by atoms with Gasteiger partial charge >= 0.3 is 0 Å². The van der Waals surface area contributed by atoms with Crippen molar-refractivity contribution in [3.8, 4) is 10.8 Å². The number of nitrogens with one attached hydrogen (secondary N) is 1. The highest BCUT2D eigenvalue weighted by Gasteiger charge is 2.22. The Bertz CT molecular complexity index is 784. The first kappa shape index (κ1) is 19.5. The van der Waals surface area contributed by atoms with Gasteiger partial charge in [0.1, 0.15) is 0 Å². The summed E-state index contributed by atoms with van der Waals surface area (Å²) in [6.45, 7) is 8.68. The second-order valence-electron chi connectivity index (χ2n) is 8.04. The molecule has 0 bridgehead atoms. The first-order chi connectivity index (χ1) is 13.6. The third-order valence-corrected chi connectivity index (χ3v) is 6.54. The molecular formula is C20H29N5O2S. The number of hydrogen-bond acceptors (Lipinski definition) is 7. The van der Waals surface area contributed by atoms with Crippen LogP contribution in [0.3, 0.4) is 0 Å². The summed E-state index contributed by atoms with van der Waals surface area (Å²) in [5.41, 5.74) is 1.46. The number of aryl methyl sites for hydroxylation is 2. The van der Waals surface area contributed by atoms with E-state index in [1.165, 1.54) is 36.1 Å². The van der Waals surface area contributed by atoms with Crippen LogP contribution in [0.4, 0.5) is 0 Å². The van der Waals surface area contributed by atoms with Gasteiger partial charge in [0.05, 0.1) is 18.0 Å². The molecule has 0 spiro atoms.